The van der Waals surface area contributed by atoms with Gasteiger partial charge in [0.05, 0.1) is 6.04 Å². The summed E-state index contributed by atoms with van der Waals surface area (Å²) in [6.45, 7) is 2.67. The molecule has 1 unspecified atom stereocenters. The van der Waals surface area contributed by atoms with Gasteiger partial charge in [0.1, 0.15) is 0 Å². The number of methoxy groups -OCH3 is 1. The van der Waals surface area contributed by atoms with Crippen molar-refractivity contribution in [2.75, 3.05) is 33.9 Å². The molecule has 0 aromatic carbocycles. The average Bonchev–Trinajstić information content (AvgIpc) is 2.97. The van der Waals surface area contributed by atoms with Crippen LogP contribution in [0.3, 0.4) is 0 Å². The fourth-order valence-corrected chi connectivity index (χ4v) is 2.55. The van der Waals surface area contributed by atoms with E-state index >= 15 is 0 Å². The molecule has 0 radical (unpaired) electrons. The van der Waals surface area contributed by atoms with Crippen molar-refractivity contribution in [2.45, 2.75) is 31.7 Å². The van der Waals surface area contributed by atoms with Crippen LogP contribution in [-0.4, -0.2) is 50.7 Å². The highest BCUT2D eigenvalue weighted by Crippen LogP contribution is 2.49. The van der Waals surface area contributed by atoms with Crippen LogP contribution in [0.2, 0.25) is 0 Å². The summed E-state index contributed by atoms with van der Waals surface area (Å²) in [7, 11) is 3.61. The predicted octanol–water partition coefficient (Wildman–Crippen LogP) is 0.623. The van der Waals surface area contributed by atoms with E-state index in [2.05, 4.69) is 5.32 Å². The number of ether oxygens (including phenoxy) is 1. The minimum absolute atomic E-state index is 0.0539. The summed E-state index contributed by atoms with van der Waals surface area (Å²) in [6.07, 6.45) is 4.56. The van der Waals surface area contributed by atoms with E-state index < -0.39 is 0 Å². The molecule has 1 N–H and O–H groups in total. The molecule has 92 valence electrons. The van der Waals surface area contributed by atoms with Crippen LogP contribution in [0, 0.1) is 5.41 Å². The lowest BCUT2D eigenvalue weighted by molar-refractivity contribution is -0.130. The molecule has 4 nitrogen and oxygen atoms in total. The summed E-state index contributed by atoms with van der Waals surface area (Å²) in [6, 6.07) is 0.0539. The number of nitrogens with one attached hydrogen (secondary N) is 1. The Morgan fingerprint density at radius 3 is 2.81 bits per heavy atom. The van der Waals surface area contributed by atoms with Crippen LogP contribution >= 0.6 is 0 Å². The third kappa shape index (κ3) is 2.38. The second-order valence-corrected chi connectivity index (χ2v) is 5.13. The molecule has 0 spiro atoms. The Bertz CT molecular complexity index is 264. The minimum atomic E-state index is 0.0539. The van der Waals surface area contributed by atoms with Gasteiger partial charge < -0.3 is 15.0 Å². The lowest BCUT2D eigenvalue weighted by atomic mass is 10.0. The van der Waals surface area contributed by atoms with Crippen molar-refractivity contribution in [3.05, 3.63) is 0 Å². The van der Waals surface area contributed by atoms with Crippen molar-refractivity contribution in [1.82, 2.24) is 10.2 Å². The van der Waals surface area contributed by atoms with E-state index in [1.807, 2.05) is 11.9 Å². The molecule has 1 atom stereocenters. The predicted molar refractivity (Wildman–Crippen MR) is 62.2 cm³/mol. The van der Waals surface area contributed by atoms with E-state index in [0.29, 0.717) is 5.41 Å². The first-order valence-corrected chi connectivity index (χ1v) is 6.16. The SMILES string of the molecule is CNC1CCN(CC2(CCOC)CC2)C1=O. The normalized spacial score (nSPS) is 27.5. The maximum atomic E-state index is 11.9. The van der Waals surface area contributed by atoms with E-state index in [1.54, 1.807) is 7.11 Å². The lowest BCUT2D eigenvalue weighted by Crippen LogP contribution is -2.39. The first-order chi connectivity index (χ1) is 7.71. The van der Waals surface area contributed by atoms with E-state index in [9.17, 15) is 4.79 Å². The summed E-state index contributed by atoms with van der Waals surface area (Å²) in [5.41, 5.74) is 0.383. The van der Waals surface area contributed by atoms with Crippen LogP contribution in [0.1, 0.15) is 25.7 Å². The standard InChI is InChI=1S/C12H22N2O2/c1-13-10-3-7-14(11(10)15)9-12(4-5-12)6-8-16-2/h10,13H,3-9H2,1-2H3. The fourth-order valence-electron chi connectivity index (χ4n) is 2.55. The van der Waals surface area contributed by atoms with E-state index in [0.717, 1.165) is 32.5 Å². The van der Waals surface area contributed by atoms with E-state index in [4.69, 9.17) is 4.74 Å². The van der Waals surface area contributed by atoms with Crippen molar-refractivity contribution in [1.29, 1.82) is 0 Å². The number of hydrogen-bond acceptors (Lipinski definition) is 3. The van der Waals surface area contributed by atoms with Crippen molar-refractivity contribution >= 4 is 5.91 Å². The smallest absolute Gasteiger partial charge is 0.239 e. The van der Waals surface area contributed by atoms with Gasteiger partial charge >= 0.3 is 0 Å². The summed E-state index contributed by atoms with van der Waals surface area (Å²) in [4.78, 5) is 14.0. The zero-order chi connectivity index (χ0) is 11.6. The van der Waals surface area contributed by atoms with Gasteiger partial charge in [0.15, 0.2) is 0 Å². The number of carbonyl (C=O) groups excluding carboxylic acids is 1. The molecule has 16 heavy (non-hydrogen) atoms. The van der Waals surface area contributed by atoms with Crippen molar-refractivity contribution in [2.24, 2.45) is 5.41 Å². The van der Waals surface area contributed by atoms with Gasteiger partial charge in [0.2, 0.25) is 5.91 Å². The molecule has 0 aromatic rings. The molecular weight excluding hydrogens is 204 g/mol. The number of carbonyl (C=O) groups is 1. The molecule has 1 saturated carbocycles. The molecular formula is C12H22N2O2. The van der Waals surface area contributed by atoms with Gasteiger partial charge in [-0.1, -0.05) is 0 Å². The van der Waals surface area contributed by atoms with Crippen LogP contribution in [0.25, 0.3) is 0 Å². The number of likely N-dealkylation sites (tertiary alicyclic amines) is 1. The number of hydrogen-bond donors (Lipinski definition) is 1. The Morgan fingerprint density at radius 2 is 2.31 bits per heavy atom. The topological polar surface area (TPSA) is 41.6 Å². The maximum Gasteiger partial charge on any atom is 0.239 e. The van der Waals surface area contributed by atoms with Crippen molar-refractivity contribution in [3.8, 4) is 0 Å². The number of likely N-dealkylation sites (N-methyl/N-ethyl adjacent to an activating group) is 1. The first kappa shape index (κ1) is 11.9. The Labute approximate surface area is 97.3 Å². The third-order valence-corrected chi connectivity index (χ3v) is 3.97. The largest absolute Gasteiger partial charge is 0.385 e. The first-order valence-electron chi connectivity index (χ1n) is 6.16. The molecule has 1 heterocycles. The summed E-state index contributed by atoms with van der Waals surface area (Å²) < 4.78 is 5.14. The molecule has 1 aliphatic carbocycles. The summed E-state index contributed by atoms with van der Waals surface area (Å²) in [5, 5.41) is 3.08. The Balaban J connectivity index is 1.84. The van der Waals surface area contributed by atoms with Crippen LogP contribution < -0.4 is 5.32 Å². The molecule has 2 aliphatic rings. The highest BCUT2D eigenvalue weighted by atomic mass is 16.5. The van der Waals surface area contributed by atoms with Crippen LogP contribution in [0.15, 0.2) is 0 Å². The number of nitrogens with zero attached hydrogens (tertiary/aromatic N) is 1. The molecule has 0 bridgehead atoms. The Hall–Kier alpha value is -0.610. The van der Waals surface area contributed by atoms with Crippen LogP contribution in [-0.2, 0) is 9.53 Å². The molecule has 4 heteroatoms. The van der Waals surface area contributed by atoms with Gasteiger partial charge in [0.25, 0.3) is 0 Å². The zero-order valence-corrected chi connectivity index (χ0v) is 10.3. The van der Waals surface area contributed by atoms with Gasteiger partial charge in [-0.25, -0.2) is 0 Å². The molecule has 2 fully saturated rings. The van der Waals surface area contributed by atoms with Gasteiger partial charge in [-0.15, -0.1) is 0 Å². The monoisotopic (exact) mass is 226 g/mol. The fraction of sp³-hybridized carbons (Fsp3) is 0.917. The average molecular weight is 226 g/mol. The van der Waals surface area contributed by atoms with Gasteiger partial charge in [-0.3, -0.25) is 4.79 Å². The second kappa shape index (κ2) is 4.72. The van der Waals surface area contributed by atoms with Crippen molar-refractivity contribution < 1.29 is 9.53 Å². The summed E-state index contributed by atoms with van der Waals surface area (Å²) >= 11 is 0. The zero-order valence-electron chi connectivity index (χ0n) is 10.3. The van der Waals surface area contributed by atoms with E-state index in [1.165, 1.54) is 12.8 Å². The van der Waals surface area contributed by atoms with Crippen LogP contribution in [0.5, 0.6) is 0 Å². The highest BCUT2D eigenvalue weighted by molar-refractivity contribution is 5.84. The minimum Gasteiger partial charge on any atom is -0.385 e. The van der Waals surface area contributed by atoms with E-state index in [-0.39, 0.29) is 11.9 Å². The van der Waals surface area contributed by atoms with Crippen molar-refractivity contribution in [3.63, 3.8) is 0 Å². The molecule has 1 saturated heterocycles. The molecule has 2 rings (SSSR count). The quantitative estimate of drug-likeness (QED) is 0.722. The van der Waals surface area contributed by atoms with Gasteiger partial charge in [0, 0.05) is 26.8 Å². The van der Waals surface area contributed by atoms with Gasteiger partial charge in [-0.05, 0) is 38.1 Å². The Morgan fingerprint density at radius 1 is 1.56 bits per heavy atom. The Kier molecular flexibility index (Phi) is 3.50. The molecule has 0 aromatic heterocycles. The number of amides is 1. The highest BCUT2D eigenvalue weighted by Gasteiger charge is 2.45. The number of rotatable bonds is 6. The third-order valence-electron chi connectivity index (χ3n) is 3.97. The lowest BCUT2D eigenvalue weighted by Gasteiger charge is -2.23. The van der Waals surface area contributed by atoms with Crippen LogP contribution in [0.4, 0.5) is 0 Å². The molecule has 1 amide bonds. The molecule has 1 aliphatic heterocycles. The maximum absolute atomic E-state index is 11.9. The second-order valence-electron chi connectivity index (χ2n) is 5.13. The van der Waals surface area contributed by atoms with Gasteiger partial charge in [-0.2, -0.15) is 0 Å². The summed E-state index contributed by atoms with van der Waals surface area (Å²) in [5.74, 6) is 0.284.